The predicted octanol–water partition coefficient (Wildman–Crippen LogP) is 6.79. The molecule has 0 unspecified atom stereocenters. The zero-order chi connectivity index (χ0) is 26.1. The Kier molecular flexibility index (Phi) is 4.60. The maximum absolute atomic E-state index is 14.7. The maximum atomic E-state index is 14.7. The highest BCUT2D eigenvalue weighted by Gasteiger charge is 2.68. The van der Waals surface area contributed by atoms with Crippen LogP contribution in [0, 0.1) is 11.8 Å². The number of aliphatic imine (C=N–C) groups is 1. The Morgan fingerprint density at radius 1 is 0.641 bits per heavy atom. The third kappa shape index (κ3) is 2.86. The Balaban J connectivity index is 1.41. The molecule has 0 radical (unpaired) electrons. The number of hydrogen-bond donors (Lipinski definition) is 0. The topological polar surface area (TPSA) is 49.7 Å². The fourth-order valence-electron chi connectivity index (χ4n) is 7.38. The van der Waals surface area contributed by atoms with Crippen molar-refractivity contribution in [3.63, 3.8) is 0 Å². The molecule has 0 saturated carbocycles. The van der Waals surface area contributed by atoms with Crippen molar-refractivity contribution in [2.75, 3.05) is 4.90 Å². The molecule has 1 fully saturated rings. The van der Waals surface area contributed by atoms with Crippen LogP contribution >= 0.6 is 0 Å². The molecule has 1 saturated heterocycles. The molecule has 4 aliphatic rings. The second-order valence-corrected chi connectivity index (χ2v) is 10.6. The minimum absolute atomic E-state index is 0.132. The van der Waals surface area contributed by atoms with E-state index in [2.05, 4.69) is 24.3 Å². The van der Waals surface area contributed by atoms with Gasteiger partial charge < -0.3 is 0 Å². The molecule has 5 aromatic rings. The Labute approximate surface area is 226 Å². The van der Waals surface area contributed by atoms with Gasteiger partial charge in [0, 0.05) is 17.5 Å². The summed E-state index contributed by atoms with van der Waals surface area (Å²) in [4.78, 5) is 35.6. The van der Waals surface area contributed by atoms with Gasteiger partial charge in [0.15, 0.2) is 0 Å². The molecule has 0 aromatic heterocycles. The molecule has 9 rings (SSSR count). The van der Waals surface area contributed by atoms with Crippen LogP contribution in [0.1, 0.15) is 28.2 Å². The second kappa shape index (κ2) is 8.08. The van der Waals surface area contributed by atoms with Crippen LogP contribution in [0.15, 0.2) is 126 Å². The Bertz CT molecular complexity index is 1790. The zero-order valence-corrected chi connectivity index (χ0v) is 21.1. The Hall–Kier alpha value is -4.83. The molecule has 4 nitrogen and oxygen atoms in total. The first-order chi connectivity index (χ1) is 19.2. The lowest BCUT2D eigenvalue weighted by Crippen LogP contribution is -2.54. The van der Waals surface area contributed by atoms with Crippen molar-refractivity contribution >= 4 is 40.2 Å². The van der Waals surface area contributed by atoms with Crippen molar-refractivity contribution in [1.29, 1.82) is 0 Å². The average Bonchev–Trinajstić information content (AvgIpc) is 3.27. The highest BCUT2D eigenvalue weighted by molar-refractivity contribution is 6.27. The van der Waals surface area contributed by atoms with Gasteiger partial charge in [-0.1, -0.05) is 103 Å². The van der Waals surface area contributed by atoms with Gasteiger partial charge in [-0.05, 0) is 45.8 Å². The van der Waals surface area contributed by atoms with Gasteiger partial charge in [0.2, 0.25) is 11.8 Å². The number of fused-ring (bicyclic) bond motifs is 1. The summed E-state index contributed by atoms with van der Waals surface area (Å²) in [5.41, 5.74) is 4.95. The van der Waals surface area contributed by atoms with E-state index in [0.717, 1.165) is 38.7 Å². The van der Waals surface area contributed by atoms with Gasteiger partial charge >= 0.3 is 0 Å². The van der Waals surface area contributed by atoms with Crippen molar-refractivity contribution in [2.24, 2.45) is 16.8 Å². The van der Waals surface area contributed by atoms with Crippen LogP contribution in [-0.4, -0.2) is 18.0 Å². The summed E-state index contributed by atoms with van der Waals surface area (Å²) < 4.78 is 0. The van der Waals surface area contributed by atoms with E-state index in [0.29, 0.717) is 5.69 Å². The summed E-state index contributed by atoms with van der Waals surface area (Å²) in [5.74, 6) is -1.58. The summed E-state index contributed by atoms with van der Waals surface area (Å²) in [6, 6.07) is 40.1. The van der Waals surface area contributed by atoms with Crippen LogP contribution < -0.4 is 4.90 Å². The minimum Gasteiger partial charge on any atom is -0.274 e. The summed E-state index contributed by atoms with van der Waals surface area (Å²) in [6.07, 6.45) is 1.95. The van der Waals surface area contributed by atoms with Crippen LogP contribution in [0.3, 0.4) is 0 Å². The summed E-state index contributed by atoms with van der Waals surface area (Å²) in [6.45, 7) is 0. The first-order valence-electron chi connectivity index (χ1n) is 13.3. The van der Waals surface area contributed by atoms with E-state index < -0.39 is 17.3 Å². The first kappa shape index (κ1) is 22.2. The smallest absolute Gasteiger partial charge is 0.239 e. The lowest BCUT2D eigenvalue weighted by atomic mass is 9.47. The normalized spacial score (nSPS) is 24.7. The van der Waals surface area contributed by atoms with E-state index in [9.17, 15) is 9.59 Å². The lowest BCUT2D eigenvalue weighted by Gasteiger charge is -2.52. The molecule has 3 aliphatic carbocycles. The monoisotopic (exact) mass is 504 g/mol. The van der Waals surface area contributed by atoms with Crippen molar-refractivity contribution in [2.45, 2.75) is 11.3 Å². The van der Waals surface area contributed by atoms with E-state index in [1.807, 2.05) is 103 Å². The molecule has 0 spiro atoms. The van der Waals surface area contributed by atoms with E-state index in [4.69, 9.17) is 4.99 Å². The number of imide groups is 1. The lowest BCUT2D eigenvalue weighted by molar-refractivity contribution is -0.122. The number of nitrogens with zero attached hydrogens (tertiary/aromatic N) is 2. The summed E-state index contributed by atoms with van der Waals surface area (Å²) in [7, 11) is 0. The van der Waals surface area contributed by atoms with Crippen LogP contribution in [0.25, 0.3) is 10.8 Å². The largest absolute Gasteiger partial charge is 0.274 e. The highest BCUT2D eigenvalue weighted by atomic mass is 16.2. The molecule has 1 heterocycles. The summed E-state index contributed by atoms with van der Waals surface area (Å²) >= 11 is 0. The molecule has 5 aromatic carbocycles. The minimum atomic E-state index is -0.867. The highest BCUT2D eigenvalue weighted by Crippen LogP contribution is 2.64. The number of rotatable bonds is 3. The molecule has 1 aliphatic heterocycles. The van der Waals surface area contributed by atoms with Crippen molar-refractivity contribution in [3.8, 4) is 0 Å². The van der Waals surface area contributed by atoms with Crippen LogP contribution in [0.2, 0.25) is 0 Å². The Morgan fingerprint density at radius 3 is 2.00 bits per heavy atom. The van der Waals surface area contributed by atoms with Crippen LogP contribution in [0.4, 0.5) is 11.4 Å². The third-order valence-corrected chi connectivity index (χ3v) is 8.86. The zero-order valence-electron chi connectivity index (χ0n) is 21.1. The fourth-order valence-corrected chi connectivity index (χ4v) is 7.38. The third-order valence-electron chi connectivity index (χ3n) is 8.86. The van der Waals surface area contributed by atoms with Gasteiger partial charge in [0.05, 0.1) is 28.6 Å². The van der Waals surface area contributed by atoms with Gasteiger partial charge in [0.25, 0.3) is 0 Å². The summed E-state index contributed by atoms with van der Waals surface area (Å²) in [5, 5.41) is 1.90. The van der Waals surface area contributed by atoms with Gasteiger partial charge in [-0.3, -0.25) is 14.6 Å². The van der Waals surface area contributed by atoms with Crippen LogP contribution in [0.5, 0.6) is 0 Å². The Morgan fingerprint density at radius 2 is 1.26 bits per heavy atom. The number of para-hydroxylation sites is 1. The molecular weight excluding hydrogens is 480 g/mol. The molecule has 186 valence electrons. The molecular formula is C35H24N2O2. The van der Waals surface area contributed by atoms with Crippen molar-refractivity contribution in [3.05, 3.63) is 144 Å². The molecule has 39 heavy (non-hydrogen) atoms. The van der Waals surface area contributed by atoms with Gasteiger partial charge in [-0.2, -0.15) is 0 Å². The quantitative estimate of drug-likeness (QED) is 0.201. The van der Waals surface area contributed by atoms with Crippen molar-refractivity contribution < 1.29 is 9.59 Å². The molecule has 2 bridgehead atoms. The number of hydrogen-bond acceptors (Lipinski definition) is 3. The first-order valence-corrected chi connectivity index (χ1v) is 13.3. The van der Waals surface area contributed by atoms with Gasteiger partial charge in [0.1, 0.15) is 0 Å². The molecule has 0 N–H and O–H groups in total. The molecule has 2 atom stereocenters. The standard InChI is InChI=1S/C35H24N2O2/c38-33-31-30-25-16-6-8-18-27(25)35(28-19-9-7-17-26(28)30,21-36-23-13-2-1-3-14-23)32(31)34(39)37(33)29-20-10-12-22-11-4-5-15-24(22)29/h1-21,30-32H/t30?,31-,32-,35?/m0/s1. The number of amides is 2. The number of anilines is 1. The van der Waals surface area contributed by atoms with E-state index in [-0.39, 0.29) is 17.7 Å². The molecule has 2 amide bonds. The van der Waals surface area contributed by atoms with Crippen LogP contribution in [-0.2, 0) is 15.0 Å². The number of carbonyl (C=O) groups is 2. The van der Waals surface area contributed by atoms with E-state index in [1.165, 1.54) is 4.90 Å². The number of carbonyl (C=O) groups excluding carboxylic acids is 2. The number of benzene rings is 5. The van der Waals surface area contributed by atoms with Crippen molar-refractivity contribution in [1.82, 2.24) is 0 Å². The fraction of sp³-hybridized carbons (Fsp3) is 0.114. The average molecular weight is 505 g/mol. The maximum Gasteiger partial charge on any atom is 0.239 e. The molecule has 4 heteroatoms. The van der Waals surface area contributed by atoms with E-state index >= 15 is 0 Å². The SMILES string of the molecule is O=C1[C@@H]2[C@@H](C(=O)N1c1cccc3ccccc13)C1c3ccccc3C2(C=Nc2ccccc2)c2ccccc21. The van der Waals surface area contributed by atoms with Gasteiger partial charge in [-0.25, -0.2) is 4.90 Å². The second-order valence-electron chi connectivity index (χ2n) is 10.6. The van der Waals surface area contributed by atoms with Gasteiger partial charge in [-0.15, -0.1) is 0 Å². The predicted molar refractivity (Wildman–Crippen MR) is 154 cm³/mol. The van der Waals surface area contributed by atoms with E-state index in [1.54, 1.807) is 0 Å².